The number of hydrogen-bond donors (Lipinski definition) is 1. The Hall–Kier alpha value is -3.63. The van der Waals surface area contributed by atoms with Gasteiger partial charge in [0, 0.05) is 17.6 Å². The maximum Gasteiger partial charge on any atom is 0.264 e. The van der Waals surface area contributed by atoms with Gasteiger partial charge >= 0.3 is 0 Å². The van der Waals surface area contributed by atoms with Crippen molar-refractivity contribution >= 4 is 39.1 Å². The van der Waals surface area contributed by atoms with Gasteiger partial charge in [-0.2, -0.15) is 0 Å². The lowest BCUT2D eigenvalue weighted by Gasteiger charge is -2.32. The summed E-state index contributed by atoms with van der Waals surface area (Å²) in [4.78, 5) is 28.3. The highest BCUT2D eigenvalue weighted by Gasteiger charge is 2.34. The largest absolute Gasteiger partial charge is 0.495 e. The van der Waals surface area contributed by atoms with Gasteiger partial charge in [-0.15, -0.1) is 0 Å². The first-order valence-corrected chi connectivity index (χ1v) is 14.5. The molecule has 0 bridgehead atoms. The second kappa shape index (κ2) is 13.6. The molecule has 1 N–H and O–H groups in total. The molecule has 0 saturated heterocycles. The molecule has 8 nitrogen and oxygen atoms in total. The zero-order chi connectivity index (χ0) is 29.4. The molecule has 0 fully saturated rings. The summed E-state index contributed by atoms with van der Waals surface area (Å²) in [7, 11) is -2.90. The zero-order valence-electron chi connectivity index (χ0n) is 22.8. The Labute approximate surface area is 239 Å². The average Bonchev–Trinajstić information content (AvgIpc) is 2.95. The lowest BCUT2D eigenvalue weighted by atomic mass is 10.1. The van der Waals surface area contributed by atoms with E-state index in [2.05, 4.69) is 5.32 Å². The van der Waals surface area contributed by atoms with Gasteiger partial charge in [-0.05, 0) is 68.3 Å². The Morgan fingerprint density at radius 3 is 2.27 bits per heavy atom. The van der Waals surface area contributed by atoms with E-state index in [0.717, 1.165) is 4.31 Å². The molecule has 0 aliphatic carbocycles. The number of nitrogens with zero attached hydrogens (tertiary/aromatic N) is 2. The summed E-state index contributed by atoms with van der Waals surface area (Å²) in [6.45, 7) is 4.61. The highest BCUT2D eigenvalue weighted by atomic mass is 35.5. The molecule has 0 unspecified atom stereocenters. The van der Waals surface area contributed by atoms with Gasteiger partial charge in [0.25, 0.3) is 10.0 Å². The standard InChI is InChI=1S/C29H33ClFN3O5S/c1-5-20(2)32-29(36)21(3)33(18-22-11-14-24(31)15-12-22)28(35)19-34(26-17-23(30)13-16-27(26)39-4)40(37,38)25-9-7-6-8-10-25/h6-17,20-21H,5,18-19H2,1-4H3,(H,32,36)/t20-,21-/m0/s1. The summed E-state index contributed by atoms with van der Waals surface area (Å²) in [5, 5.41) is 3.10. The van der Waals surface area contributed by atoms with Crippen molar-refractivity contribution < 1.29 is 27.1 Å². The number of anilines is 1. The van der Waals surface area contributed by atoms with Gasteiger partial charge in [0.2, 0.25) is 11.8 Å². The molecule has 11 heteroatoms. The highest BCUT2D eigenvalue weighted by molar-refractivity contribution is 7.92. The van der Waals surface area contributed by atoms with E-state index in [9.17, 15) is 22.4 Å². The molecule has 2 amide bonds. The number of sulfonamides is 1. The lowest BCUT2D eigenvalue weighted by Crippen LogP contribution is -2.52. The monoisotopic (exact) mass is 589 g/mol. The quantitative estimate of drug-likeness (QED) is 0.320. The van der Waals surface area contributed by atoms with Crippen LogP contribution < -0.4 is 14.4 Å². The normalized spacial score (nSPS) is 12.8. The molecule has 0 saturated carbocycles. The third-order valence-corrected chi connectivity index (χ3v) is 8.46. The molecular formula is C29H33ClFN3O5S. The van der Waals surface area contributed by atoms with E-state index in [0.29, 0.717) is 12.0 Å². The molecule has 0 aliphatic heterocycles. The van der Waals surface area contributed by atoms with E-state index >= 15 is 0 Å². The number of carbonyl (C=O) groups is 2. The van der Waals surface area contributed by atoms with Gasteiger partial charge < -0.3 is 15.0 Å². The Bertz CT molecular complexity index is 1420. The van der Waals surface area contributed by atoms with Crippen LogP contribution in [0.5, 0.6) is 5.75 Å². The number of ether oxygens (including phenoxy) is 1. The number of hydrogen-bond acceptors (Lipinski definition) is 5. The first-order chi connectivity index (χ1) is 19.0. The van der Waals surface area contributed by atoms with Gasteiger partial charge in [0.15, 0.2) is 0 Å². The number of benzene rings is 3. The molecule has 2 atom stereocenters. The molecule has 0 aliphatic rings. The summed E-state index contributed by atoms with van der Waals surface area (Å²) in [6.07, 6.45) is 0.683. The Kier molecular flexibility index (Phi) is 10.5. The molecule has 0 spiro atoms. The van der Waals surface area contributed by atoms with Crippen molar-refractivity contribution in [2.75, 3.05) is 18.0 Å². The highest BCUT2D eigenvalue weighted by Crippen LogP contribution is 2.35. The molecule has 40 heavy (non-hydrogen) atoms. The van der Waals surface area contributed by atoms with Gasteiger partial charge in [-0.3, -0.25) is 13.9 Å². The van der Waals surface area contributed by atoms with E-state index in [4.69, 9.17) is 16.3 Å². The molecule has 0 aromatic heterocycles. The van der Waals surface area contributed by atoms with Crippen molar-refractivity contribution in [1.29, 1.82) is 0 Å². The second-order valence-electron chi connectivity index (χ2n) is 9.28. The molecule has 3 aromatic carbocycles. The fraction of sp³-hybridized carbons (Fsp3) is 0.310. The summed E-state index contributed by atoms with van der Waals surface area (Å²) in [5.41, 5.74) is 0.626. The second-order valence-corrected chi connectivity index (χ2v) is 11.6. The van der Waals surface area contributed by atoms with Crippen molar-refractivity contribution in [3.8, 4) is 5.75 Å². The summed E-state index contributed by atoms with van der Waals surface area (Å²) < 4.78 is 47.7. The maximum atomic E-state index is 14.0. The minimum absolute atomic E-state index is 0.0440. The van der Waals surface area contributed by atoms with Crippen LogP contribution in [0.3, 0.4) is 0 Å². The van der Waals surface area contributed by atoms with Crippen LogP contribution in [0.15, 0.2) is 77.7 Å². The van der Waals surface area contributed by atoms with E-state index in [1.165, 1.54) is 60.5 Å². The number of rotatable bonds is 12. The van der Waals surface area contributed by atoms with Crippen molar-refractivity contribution in [3.05, 3.63) is 89.2 Å². The molecule has 3 rings (SSSR count). The number of halogens is 2. The van der Waals surface area contributed by atoms with E-state index in [1.54, 1.807) is 31.2 Å². The summed E-state index contributed by atoms with van der Waals surface area (Å²) >= 11 is 6.23. The van der Waals surface area contributed by atoms with Crippen LogP contribution in [0.4, 0.5) is 10.1 Å². The first-order valence-electron chi connectivity index (χ1n) is 12.7. The SMILES string of the molecule is CC[C@H](C)NC(=O)[C@H](C)N(Cc1ccc(F)cc1)C(=O)CN(c1cc(Cl)ccc1OC)S(=O)(=O)c1ccccc1. The molecule has 3 aromatic rings. The van der Waals surface area contributed by atoms with Crippen molar-refractivity contribution in [2.45, 2.75) is 50.7 Å². The smallest absolute Gasteiger partial charge is 0.264 e. The molecular weight excluding hydrogens is 557 g/mol. The van der Waals surface area contributed by atoms with Crippen molar-refractivity contribution in [1.82, 2.24) is 10.2 Å². The van der Waals surface area contributed by atoms with Gasteiger partial charge in [-0.1, -0.05) is 48.9 Å². The van der Waals surface area contributed by atoms with E-state index in [1.807, 2.05) is 13.8 Å². The molecule has 0 heterocycles. The number of carbonyl (C=O) groups excluding carboxylic acids is 2. The summed E-state index contributed by atoms with van der Waals surface area (Å²) in [5.74, 6) is -1.32. The van der Waals surface area contributed by atoms with Crippen LogP contribution in [-0.2, 0) is 26.2 Å². The topological polar surface area (TPSA) is 96.0 Å². The van der Waals surface area contributed by atoms with Gasteiger partial charge in [0.05, 0.1) is 17.7 Å². The van der Waals surface area contributed by atoms with Crippen molar-refractivity contribution in [2.24, 2.45) is 0 Å². The average molecular weight is 590 g/mol. The Balaban J connectivity index is 2.08. The minimum Gasteiger partial charge on any atom is -0.495 e. The van der Waals surface area contributed by atoms with E-state index < -0.39 is 40.2 Å². The molecule has 214 valence electrons. The van der Waals surface area contributed by atoms with Crippen LogP contribution in [0.2, 0.25) is 5.02 Å². The van der Waals surface area contributed by atoms with Gasteiger partial charge in [0.1, 0.15) is 24.2 Å². The number of nitrogens with one attached hydrogen (secondary N) is 1. The third kappa shape index (κ3) is 7.51. The summed E-state index contributed by atoms with van der Waals surface area (Å²) in [6, 6.07) is 16.5. The van der Waals surface area contributed by atoms with Crippen LogP contribution in [0, 0.1) is 5.82 Å². The lowest BCUT2D eigenvalue weighted by molar-refractivity contribution is -0.139. The fourth-order valence-electron chi connectivity index (χ4n) is 3.93. The molecule has 0 radical (unpaired) electrons. The first kappa shape index (κ1) is 30.9. The predicted octanol–water partition coefficient (Wildman–Crippen LogP) is 5.02. The van der Waals surface area contributed by atoms with Gasteiger partial charge in [-0.25, -0.2) is 12.8 Å². The van der Waals surface area contributed by atoms with Crippen LogP contribution in [0.1, 0.15) is 32.8 Å². The number of amides is 2. The van der Waals surface area contributed by atoms with Crippen LogP contribution in [-0.4, -0.2) is 50.9 Å². The van der Waals surface area contributed by atoms with Crippen molar-refractivity contribution in [3.63, 3.8) is 0 Å². The van der Waals surface area contributed by atoms with Crippen LogP contribution >= 0.6 is 11.6 Å². The van der Waals surface area contributed by atoms with Crippen LogP contribution in [0.25, 0.3) is 0 Å². The minimum atomic E-state index is -4.28. The third-order valence-electron chi connectivity index (χ3n) is 6.45. The predicted molar refractivity (Wildman–Crippen MR) is 153 cm³/mol. The number of methoxy groups -OCH3 is 1. The Morgan fingerprint density at radius 1 is 1.02 bits per heavy atom. The fourth-order valence-corrected chi connectivity index (χ4v) is 5.53. The maximum absolute atomic E-state index is 14.0. The Morgan fingerprint density at radius 2 is 1.68 bits per heavy atom. The van der Waals surface area contributed by atoms with E-state index in [-0.39, 0.29) is 33.9 Å². The zero-order valence-corrected chi connectivity index (χ0v) is 24.4.